The van der Waals surface area contributed by atoms with Crippen LogP contribution in [0.25, 0.3) is 10.8 Å². The quantitative estimate of drug-likeness (QED) is 0.876. The molecular weight excluding hydrogens is 254 g/mol. The van der Waals surface area contributed by atoms with Gasteiger partial charge in [0.2, 0.25) is 0 Å². The van der Waals surface area contributed by atoms with Gasteiger partial charge in [-0.1, -0.05) is 30.3 Å². The van der Waals surface area contributed by atoms with E-state index >= 15 is 0 Å². The molecule has 102 valence electrons. The Kier molecular flexibility index (Phi) is 5.11. The van der Waals surface area contributed by atoms with Gasteiger partial charge in [-0.25, -0.2) is 0 Å². The molecule has 0 spiro atoms. The van der Waals surface area contributed by atoms with E-state index in [-0.39, 0.29) is 0 Å². The van der Waals surface area contributed by atoms with Crippen molar-refractivity contribution < 1.29 is 4.21 Å². The average molecular weight is 275 g/mol. The molecule has 0 aliphatic heterocycles. The molecule has 0 bridgehead atoms. The van der Waals surface area contributed by atoms with Crippen molar-refractivity contribution in [2.45, 2.75) is 30.7 Å². The molecule has 0 saturated heterocycles. The molecule has 19 heavy (non-hydrogen) atoms. The van der Waals surface area contributed by atoms with E-state index in [0.717, 1.165) is 28.9 Å². The fraction of sp³-hybridized carbons (Fsp3) is 0.375. The lowest BCUT2D eigenvalue weighted by atomic mass is 10.1. The minimum Gasteiger partial charge on any atom is -0.317 e. The van der Waals surface area contributed by atoms with Gasteiger partial charge >= 0.3 is 0 Å². The van der Waals surface area contributed by atoms with Crippen molar-refractivity contribution in [1.82, 2.24) is 5.32 Å². The van der Waals surface area contributed by atoms with Gasteiger partial charge in [0.05, 0.1) is 10.8 Å². The Labute approximate surface area is 117 Å². The number of hydrogen-bond acceptors (Lipinski definition) is 2. The van der Waals surface area contributed by atoms with Crippen LogP contribution in [-0.2, 0) is 10.8 Å². The van der Waals surface area contributed by atoms with E-state index in [1.54, 1.807) is 0 Å². The molecule has 2 atom stereocenters. The van der Waals surface area contributed by atoms with E-state index in [1.165, 1.54) is 5.39 Å². The second-order valence-electron chi connectivity index (χ2n) is 4.89. The van der Waals surface area contributed by atoms with Crippen LogP contribution in [0.2, 0.25) is 0 Å². The van der Waals surface area contributed by atoms with Crippen LogP contribution in [0.15, 0.2) is 47.4 Å². The van der Waals surface area contributed by atoms with Crippen LogP contribution in [0, 0.1) is 0 Å². The molecule has 0 radical (unpaired) electrons. The van der Waals surface area contributed by atoms with Crippen molar-refractivity contribution in [3.05, 3.63) is 42.5 Å². The van der Waals surface area contributed by atoms with Gasteiger partial charge in [0, 0.05) is 16.7 Å². The molecule has 0 fully saturated rings. The molecule has 0 aliphatic carbocycles. The lowest BCUT2D eigenvalue weighted by Crippen LogP contribution is -2.21. The van der Waals surface area contributed by atoms with Crippen molar-refractivity contribution in [2.75, 3.05) is 12.8 Å². The molecular formula is C16H21NOS. The SMILES string of the molecule is CNC(C)CCCS(=O)c1ccc2ccccc2c1. The standard InChI is InChI=1S/C16H21NOS/c1-13(17-2)6-5-11-19(18)16-10-9-14-7-3-4-8-15(14)12-16/h3-4,7-10,12-13,17H,5-6,11H2,1-2H3. The van der Waals surface area contributed by atoms with Gasteiger partial charge in [-0.05, 0) is 49.7 Å². The fourth-order valence-corrected chi connectivity index (χ4v) is 3.23. The minimum atomic E-state index is -0.886. The lowest BCUT2D eigenvalue weighted by Gasteiger charge is -2.09. The van der Waals surface area contributed by atoms with Gasteiger partial charge in [-0.2, -0.15) is 0 Å². The van der Waals surface area contributed by atoms with E-state index in [0.29, 0.717) is 6.04 Å². The van der Waals surface area contributed by atoms with Crippen LogP contribution in [0.4, 0.5) is 0 Å². The normalized spacial score (nSPS) is 14.4. The van der Waals surface area contributed by atoms with Crippen LogP contribution in [-0.4, -0.2) is 23.1 Å². The number of benzene rings is 2. The van der Waals surface area contributed by atoms with Gasteiger partial charge < -0.3 is 5.32 Å². The summed E-state index contributed by atoms with van der Waals surface area (Å²) in [6.07, 6.45) is 2.05. The van der Waals surface area contributed by atoms with Crippen LogP contribution in [0.3, 0.4) is 0 Å². The maximum absolute atomic E-state index is 12.2. The first kappa shape index (κ1) is 14.2. The molecule has 2 aromatic carbocycles. The molecule has 2 unspecified atom stereocenters. The zero-order valence-electron chi connectivity index (χ0n) is 11.6. The van der Waals surface area contributed by atoms with Gasteiger partial charge in [0.15, 0.2) is 0 Å². The maximum atomic E-state index is 12.2. The number of nitrogens with one attached hydrogen (secondary N) is 1. The predicted octanol–water partition coefficient (Wildman–Crippen LogP) is 3.34. The molecule has 3 heteroatoms. The molecule has 0 saturated carbocycles. The average Bonchev–Trinajstić information content (AvgIpc) is 2.46. The van der Waals surface area contributed by atoms with Crippen molar-refractivity contribution in [1.29, 1.82) is 0 Å². The van der Waals surface area contributed by atoms with E-state index < -0.39 is 10.8 Å². The van der Waals surface area contributed by atoms with Crippen molar-refractivity contribution in [3.8, 4) is 0 Å². The largest absolute Gasteiger partial charge is 0.317 e. The molecule has 1 N–H and O–H groups in total. The Hall–Kier alpha value is -1.19. The third-order valence-corrected chi connectivity index (χ3v) is 4.88. The Bertz CT molecular complexity index is 567. The van der Waals surface area contributed by atoms with Crippen molar-refractivity contribution in [3.63, 3.8) is 0 Å². The highest BCUT2D eigenvalue weighted by atomic mass is 32.2. The summed E-state index contributed by atoms with van der Waals surface area (Å²) >= 11 is 0. The van der Waals surface area contributed by atoms with Crippen LogP contribution in [0.1, 0.15) is 19.8 Å². The monoisotopic (exact) mass is 275 g/mol. The molecule has 2 aromatic rings. The lowest BCUT2D eigenvalue weighted by molar-refractivity contribution is 0.557. The molecule has 2 rings (SSSR count). The summed E-state index contributed by atoms with van der Waals surface area (Å²) in [5.74, 6) is 0.740. The summed E-state index contributed by atoms with van der Waals surface area (Å²) in [6, 6.07) is 14.8. The van der Waals surface area contributed by atoms with E-state index in [1.807, 2.05) is 31.3 Å². The van der Waals surface area contributed by atoms with Crippen molar-refractivity contribution in [2.24, 2.45) is 0 Å². The first-order valence-electron chi connectivity index (χ1n) is 6.75. The summed E-state index contributed by atoms with van der Waals surface area (Å²) in [4.78, 5) is 0.941. The van der Waals surface area contributed by atoms with Crippen LogP contribution in [0.5, 0.6) is 0 Å². The van der Waals surface area contributed by atoms with Gasteiger partial charge in [0.25, 0.3) is 0 Å². The van der Waals surface area contributed by atoms with Gasteiger partial charge in [-0.15, -0.1) is 0 Å². The van der Waals surface area contributed by atoms with Crippen LogP contribution < -0.4 is 5.32 Å². The predicted molar refractivity (Wildman–Crippen MR) is 83.0 cm³/mol. The summed E-state index contributed by atoms with van der Waals surface area (Å²) in [5, 5.41) is 5.57. The highest BCUT2D eigenvalue weighted by Crippen LogP contribution is 2.18. The zero-order valence-corrected chi connectivity index (χ0v) is 12.4. The van der Waals surface area contributed by atoms with Gasteiger partial charge in [0.1, 0.15) is 0 Å². The second-order valence-corrected chi connectivity index (χ2v) is 6.46. The second kappa shape index (κ2) is 6.83. The molecule has 0 aliphatic rings. The molecule has 0 heterocycles. The third-order valence-electron chi connectivity index (χ3n) is 3.44. The Morgan fingerprint density at radius 2 is 1.89 bits per heavy atom. The van der Waals surface area contributed by atoms with E-state index in [9.17, 15) is 4.21 Å². The summed E-state index contributed by atoms with van der Waals surface area (Å²) < 4.78 is 12.2. The van der Waals surface area contributed by atoms with E-state index in [2.05, 4.69) is 30.4 Å². The van der Waals surface area contributed by atoms with Gasteiger partial charge in [-0.3, -0.25) is 4.21 Å². The third kappa shape index (κ3) is 3.88. The Balaban J connectivity index is 2.01. The highest BCUT2D eigenvalue weighted by molar-refractivity contribution is 7.85. The Morgan fingerprint density at radius 1 is 1.16 bits per heavy atom. The topological polar surface area (TPSA) is 29.1 Å². The maximum Gasteiger partial charge on any atom is 0.0529 e. The number of hydrogen-bond donors (Lipinski definition) is 1. The van der Waals surface area contributed by atoms with Crippen molar-refractivity contribution >= 4 is 21.6 Å². The zero-order chi connectivity index (χ0) is 13.7. The number of rotatable bonds is 6. The number of fused-ring (bicyclic) bond motifs is 1. The van der Waals surface area contributed by atoms with E-state index in [4.69, 9.17) is 0 Å². The molecule has 0 aromatic heterocycles. The Morgan fingerprint density at radius 3 is 2.63 bits per heavy atom. The summed E-state index contributed by atoms with van der Waals surface area (Å²) in [6.45, 7) is 2.15. The summed E-state index contributed by atoms with van der Waals surface area (Å²) in [5.41, 5.74) is 0. The minimum absolute atomic E-state index is 0.494. The van der Waals surface area contributed by atoms with Crippen LogP contribution >= 0.6 is 0 Å². The highest BCUT2D eigenvalue weighted by Gasteiger charge is 2.06. The smallest absolute Gasteiger partial charge is 0.0529 e. The molecule has 2 nitrogen and oxygen atoms in total. The first-order valence-corrected chi connectivity index (χ1v) is 8.07. The first-order chi connectivity index (χ1) is 9.20. The summed E-state index contributed by atoms with van der Waals surface area (Å²) in [7, 11) is 1.08. The molecule has 0 amide bonds. The fourth-order valence-electron chi connectivity index (χ4n) is 2.09.